The Balaban J connectivity index is 2.14. The first-order chi connectivity index (χ1) is 9.13. The molecular weight excluding hydrogens is 238 g/mol. The zero-order chi connectivity index (χ0) is 13.6. The number of aryl methyl sites for hydroxylation is 1. The van der Waals surface area contributed by atoms with Crippen LogP contribution in [0, 0.1) is 19.3 Å². The van der Waals surface area contributed by atoms with Crippen molar-refractivity contribution < 1.29 is 0 Å². The zero-order valence-corrected chi connectivity index (χ0v) is 11.2. The van der Waals surface area contributed by atoms with Gasteiger partial charge in [0.25, 0.3) is 0 Å². The highest BCUT2D eigenvalue weighted by molar-refractivity contribution is 5.72. The lowest BCUT2D eigenvalue weighted by Gasteiger charge is -2.04. The number of rotatable bonds is 3. The Morgan fingerprint density at radius 2 is 2.26 bits per heavy atom. The maximum Gasteiger partial charge on any atom is 0.132 e. The van der Waals surface area contributed by atoms with E-state index in [1.54, 1.807) is 0 Å². The lowest BCUT2D eigenvalue weighted by molar-refractivity contribution is 0.740. The monoisotopic (exact) mass is 255 g/mol. The van der Waals surface area contributed by atoms with Crippen LogP contribution >= 0.6 is 0 Å². The molecule has 0 spiro atoms. The molecule has 0 unspecified atom stereocenters. The van der Waals surface area contributed by atoms with Crippen LogP contribution in [0.15, 0.2) is 6.20 Å². The first kappa shape index (κ1) is 11.8. The number of terminal acetylenes is 1. The molecule has 0 radical (unpaired) electrons. The van der Waals surface area contributed by atoms with E-state index in [0.29, 0.717) is 18.3 Å². The van der Waals surface area contributed by atoms with Crippen molar-refractivity contribution in [1.82, 2.24) is 19.3 Å². The van der Waals surface area contributed by atoms with Gasteiger partial charge in [-0.05, 0) is 19.8 Å². The van der Waals surface area contributed by atoms with E-state index >= 15 is 0 Å². The number of hydrogen-bond donors (Lipinski definition) is 1. The number of aromatic nitrogens is 4. The van der Waals surface area contributed by atoms with E-state index in [9.17, 15) is 0 Å². The molecule has 98 valence electrons. The number of anilines is 1. The van der Waals surface area contributed by atoms with E-state index in [-0.39, 0.29) is 0 Å². The van der Waals surface area contributed by atoms with Crippen molar-refractivity contribution in [2.24, 2.45) is 7.05 Å². The summed E-state index contributed by atoms with van der Waals surface area (Å²) in [7, 11) is 1.91. The summed E-state index contributed by atoms with van der Waals surface area (Å²) in [6.45, 7) is 2.49. The maximum atomic E-state index is 6.23. The Morgan fingerprint density at radius 3 is 2.79 bits per heavy atom. The minimum absolute atomic E-state index is 0.476. The van der Waals surface area contributed by atoms with Crippen molar-refractivity contribution in [3.63, 3.8) is 0 Å². The molecule has 2 aromatic heterocycles. The van der Waals surface area contributed by atoms with Crippen LogP contribution in [0.1, 0.15) is 30.3 Å². The fraction of sp³-hybridized carbons (Fsp3) is 0.429. The Morgan fingerprint density at radius 1 is 1.53 bits per heavy atom. The summed E-state index contributed by atoms with van der Waals surface area (Å²) in [5, 5.41) is 4.25. The van der Waals surface area contributed by atoms with Gasteiger partial charge in [0.2, 0.25) is 0 Å². The average molecular weight is 255 g/mol. The van der Waals surface area contributed by atoms with Crippen molar-refractivity contribution in [3.8, 4) is 23.6 Å². The van der Waals surface area contributed by atoms with Gasteiger partial charge in [0.05, 0.1) is 12.7 Å². The molecule has 3 rings (SSSR count). The molecule has 0 aliphatic heterocycles. The smallest absolute Gasteiger partial charge is 0.132 e. The Bertz CT molecular complexity index is 667. The SMILES string of the molecule is C#CCn1c(C2CC2)nc(-c2cnn(C)c2C)c1N. The third-order valence-electron chi connectivity index (χ3n) is 3.72. The minimum Gasteiger partial charge on any atom is -0.383 e. The number of nitrogens with zero attached hydrogens (tertiary/aromatic N) is 4. The number of nitrogen functional groups attached to an aromatic ring is 1. The molecule has 5 nitrogen and oxygen atoms in total. The molecule has 1 aliphatic rings. The second-order valence-corrected chi connectivity index (χ2v) is 5.04. The molecule has 0 bridgehead atoms. The molecule has 0 saturated heterocycles. The van der Waals surface area contributed by atoms with Crippen LogP contribution in [-0.2, 0) is 13.6 Å². The van der Waals surface area contributed by atoms with E-state index in [4.69, 9.17) is 17.1 Å². The molecule has 5 heteroatoms. The Hall–Kier alpha value is -2.22. The van der Waals surface area contributed by atoms with Crippen molar-refractivity contribution in [1.29, 1.82) is 0 Å². The van der Waals surface area contributed by atoms with Gasteiger partial charge < -0.3 is 10.3 Å². The summed E-state index contributed by atoms with van der Waals surface area (Å²) >= 11 is 0. The van der Waals surface area contributed by atoms with E-state index in [1.807, 2.05) is 29.4 Å². The number of nitrogens with two attached hydrogens (primary N) is 1. The zero-order valence-electron chi connectivity index (χ0n) is 11.2. The molecule has 19 heavy (non-hydrogen) atoms. The van der Waals surface area contributed by atoms with Gasteiger partial charge in [0, 0.05) is 24.2 Å². The third kappa shape index (κ3) is 1.80. The summed E-state index contributed by atoms with van der Waals surface area (Å²) in [5.74, 6) is 4.84. The highest BCUT2D eigenvalue weighted by atomic mass is 15.3. The second-order valence-electron chi connectivity index (χ2n) is 5.04. The van der Waals surface area contributed by atoms with Crippen LogP contribution in [0.3, 0.4) is 0 Å². The van der Waals surface area contributed by atoms with Crippen molar-refractivity contribution >= 4 is 5.82 Å². The minimum atomic E-state index is 0.476. The molecule has 0 aromatic carbocycles. The van der Waals surface area contributed by atoms with Crippen LogP contribution in [0.5, 0.6) is 0 Å². The quantitative estimate of drug-likeness (QED) is 0.849. The number of imidazole rings is 1. The van der Waals surface area contributed by atoms with Gasteiger partial charge in [-0.1, -0.05) is 5.92 Å². The lowest BCUT2D eigenvalue weighted by atomic mass is 10.2. The van der Waals surface area contributed by atoms with Crippen LogP contribution in [-0.4, -0.2) is 19.3 Å². The molecule has 2 heterocycles. The summed E-state index contributed by atoms with van der Waals surface area (Å²) in [6.07, 6.45) is 9.59. The van der Waals surface area contributed by atoms with Crippen molar-refractivity contribution in [2.45, 2.75) is 32.2 Å². The molecule has 1 aliphatic carbocycles. The Labute approximate surface area is 112 Å². The van der Waals surface area contributed by atoms with Crippen molar-refractivity contribution in [3.05, 3.63) is 17.7 Å². The largest absolute Gasteiger partial charge is 0.383 e. The summed E-state index contributed by atoms with van der Waals surface area (Å²) in [6, 6.07) is 0. The van der Waals surface area contributed by atoms with E-state index < -0.39 is 0 Å². The van der Waals surface area contributed by atoms with Crippen LogP contribution in [0.4, 0.5) is 5.82 Å². The van der Waals surface area contributed by atoms with Crippen LogP contribution in [0.25, 0.3) is 11.3 Å². The average Bonchev–Trinajstić information content (AvgIpc) is 3.12. The topological polar surface area (TPSA) is 61.7 Å². The predicted octanol–water partition coefficient (Wildman–Crippen LogP) is 1.68. The van der Waals surface area contributed by atoms with E-state index in [2.05, 4.69) is 11.0 Å². The molecule has 2 aromatic rings. The van der Waals surface area contributed by atoms with Gasteiger partial charge >= 0.3 is 0 Å². The van der Waals surface area contributed by atoms with Gasteiger partial charge in [-0.15, -0.1) is 6.42 Å². The second kappa shape index (κ2) is 4.16. The highest BCUT2D eigenvalue weighted by Crippen LogP contribution is 2.42. The van der Waals surface area contributed by atoms with Gasteiger partial charge in [0.15, 0.2) is 0 Å². The molecule has 0 amide bonds. The Kier molecular flexibility index (Phi) is 2.59. The third-order valence-corrected chi connectivity index (χ3v) is 3.72. The van der Waals surface area contributed by atoms with Crippen molar-refractivity contribution in [2.75, 3.05) is 5.73 Å². The molecule has 1 fully saturated rings. The molecule has 2 N–H and O–H groups in total. The summed E-state index contributed by atoms with van der Waals surface area (Å²) < 4.78 is 3.78. The maximum absolute atomic E-state index is 6.23. The van der Waals surface area contributed by atoms with Gasteiger partial charge in [-0.2, -0.15) is 5.10 Å². The predicted molar refractivity (Wildman–Crippen MR) is 74.4 cm³/mol. The molecular formula is C14H17N5. The normalized spacial score (nSPS) is 14.6. The lowest BCUT2D eigenvalue weighted by Crippen LogP contribution is -2.05. The summed E-state index contributed by atoms with van der Waals surface area (Å²) in [5.41, 5.74) is 9.08. The standard InChI is InChI=1S/C14H17N5/c1-4-7-19-13(15)12(17-14(19)10-5-6-10)11-8-16-18(3)9(11)2/h1,8,10H,5-7,15H2,2-3H3. The first-order valence-corrected chi connectivity index (χ1v) is 6.41. The van der Waals surface area contributed by atoms with Gasteiger partial charge in [0.1, 0.15) is 17.3 Å². The van der Waals surface area contributed by atoms with Crippen LogP contribution < -0.4 is 5.73 Å². The fourth-order valence-corrected chi connectivity index (χ4v) is 2.32. The fourth-order valence-electron chi connectivity index (χ4n) is 2.32. The van der Waals surface area contributed by atoms with E-state index in [0.717, 1.165) is 22.8 Å². The van der Waals surface area contributed by atoms with Crippen LogP contribution in [0.2, 0.25) is 0 Å². The molecule has 1 saturated carbocycles. The number of hydrogen-bond acceptors (Lipinski definition) is 3. The highest BCUT2D eigenvalue weighted by Gasteiger charge is 2.31. The molecule has 0 atom stereocenters. The van der Waals surface area contributed by atoms with E-state index in [1.165, 1.54) is 12.8 Å². The summed E-state index contributed by atoms with van der Waals surface area (Å²) in [4.78, 5) is 4.72. The van der Waals surface area contributed by atoms with Gasteiger partial charge in [-0.3, -0.25) is 4.68 Å². The first-order valence-electron chi connectivity index (χ1n) is 6.41. The van der Waals surface area contributed by atoms with Gasteiger partial charge in [-0.25, -0.2) is 4.98 Å².